The van der Waals surface area contributed by atoms with Gasteiger partial charge in [-0.25, -0.2) is 0 Å². The molecule has 1 unspecified atom stereocenters. The molecule has 1 aromatic rings. The number of aryl methyl sites for hydroxylation is 1. The number of phenols is 1. The van der Waals surface area contributed by atoms with Crippen LogP contribution in [-0.2, 0) is 16.0 Å². The molecular weight excluding hydrogens is 280 g/mol. The van der Waals surface area contributed by atoms with Crippen LogP contribution in [0, 0.1) is 0 Å². The Morgan fingerprint density at radius 2 is 2.00 bits per heavy atom. The smallest absolute Gasteiger partial charge is 0.243 e. The fourth-order valence-electron chi connectivity index (χ4n) is 2.97. The fourth-order valence-corrected chi connectivity index (χ4v) is 2.97. The zero-order valence-electron chi connectivity index (χ0n) is 12.6. The van der Waals surface area contributed by atoms with Gasteiger partial charge in [0, 0.05) is 19.0 Å². The normalized spacial score (nSPS) is 20.9. The van der Waals surface area contributed by atoms with Crippen LogP contribution in [0.2, 0.25) is 0 Å². The van der Waals surface area contributed by atoms with E-state index in [1.807, 2.05) is 12.1 Å². The van der Waals surface area contributed by atoms with E-state index in [2.05, 4.69) is 5.32 Å². The van der Waals surface area contributed by atoms with Crippen LogP contribution in [-0.4, -0.2) is 40.4 Å². The van der Waals surface area contributed by atoms with Crippen LogP contribution in [0.25, 0.3) is 0 Å². The molecule has 1 aliphatic heterocycles. The Balaban J connectivity index is 1.56. The number of likely N-dealkylation sites (tertiary alicyclic amines) is 1. The van der Waals surface area contributed by atoms with Crippen molar-refractivity contribution in [2.45, 2.75) is 50.6 Å². The van der Waals surface area contributed by atoms with Crippen LogP contribution in [0.15, 0.2) is 24.3 Å². The number of carbonyl (C=O) groups is 2. The fraction of sp³-hybridized carbons (Fsp3) is 0.529. The lowest BCUT2D eigenvalue weighted by atomic mass is 10.1. The molecule has 1 saturated heterocycles. The first-order chi connectivity index (χ1) is 10.6. The number of aromatic hydroxyl groups is 1. The lowest BCUT2D eigenvalue weighted by Crippen LogP contribution is -2.46. The second-order valence-electron chi connectivity index (χ2n) is 6.16. The van der Waals surface area contributed by atoms with Gasteiger partial charge in [-0.1, -0.05) is 18.2 Å². The lowest BCUT2D eigenvalue weighted by molar-refractivity contribution is -0.138. The Kier molecular flexibility index (Phi) is 4.32. The third-order valence-electron chi connectivity index (χ3n) is 4.40. The lowest BCUT2D eigenvalue weighted by Gasteiger charge is -2.24. The maximum Gasteiger partial charge on any atom is 0.243 e. The first-order valence-corrected chi connectivity index (χ1v) is 8.02. The van der Waals surface area contributed by atoms with Crippen LogP contribution >= 0.6 is 0 Å². The van der Waals surface area contributed by atoms with E-state index < -0.39 is 0 Å². The molecular formula is C17H22N2O3. The highest BCUT2D eigenvalue weighted by Gasteiger charge is 2.36. The van der Waals surface area contributed by atoms with Gasteiger partial charge in [-0.3, -0.25) is 9.59 Å². The van der Waals surface area contributed by atoms with Gasteiger partial charge in [0.05, 0.1) is 0 Å². The Morgan fingerprint density at radius 3 is 2.73 bits per heavy atom. The van der Waals surface area contributed by atoms with E-state index in [-0.39, 0.29) is 23.6 Å². The summed E-state index contributed by atoms with van der Waals surface area (Å²) in [6.07, 6.45) is 4.56. The van der Waals surface area contributed by atoms with Crippen molar-refractivity contribution >= 4 is 11.8 Å². The van der Waals surface area contributed by atoms with Crippen LogP contribution in [0.5, 0.6) is 5.75 Å². The predicted molar refractivity (Wildman–Crippen MR) is 82.3 cm³/mol. The Labute approximate surface area is 130 Å². The summed E-state index contributed by atoms with van der Waals surface area (Å²) in [5.41, 5.74) is 0.772. The molecule has 1 atom stereocenters. The molecule has 2 fully saturated rings. The van der Waals surface area contributed by atoms with Gasteiger partial charge in [0.25, 0.3) is 0 Å². The highest BCUT2D eigenvalue weighted by molar-refractivity contribution is 5.88. The number of amides is 2. The highest BCUT2D eigenvalue weighted by atomic mass is 16.3. The first-order valence-electron chi connectivity index (χ1n) is 8.02. The van der Waals surface area contributed by atoms with Gasteiger partial charge in [0.2, 0.25) is 11.8 Å². The van der Waals surface area contributed by atoms with Gasteiger partial charge in [-0.2, -0.15) is 0 Å². The predicted octanol–water partition coefficient (Wildman–Crippen LogP) is 1.59. The van der Waals surface area contributed by atoms with Crippen molar-refractivity contribution in [1.29, 1.82) is 0 Å². The molecule has 1 saturated carbocycles. The summed E-state index contributed by atoms with van der Waals surface area (Å²) in [6.45, 7) is 0.655. The van der Waals surface area contributed by atoms with Gasteiger partial charge < -0.3 is 15.3 Å². The number of nitrogens with one attached hydrogen (secondary N) is 1. The minimum absolute atomic E-state index is 0.00306. The number of phenolic OH excluding ortho intramolecular Hbond substituents is 1. The molecule has 1 aromatic carbocycles. The molecule has 0 bridgehead atoms. The van der Waals surface area contributed by atoms with E-state index in [4.69, 9.17) is 0 Å². The Hall–Kier alpha value is -2.04. The molecule has 2 amide bonds. The number of rotatable bonds is 5. The first kappa shape index (κ1) is 14.9. The van der Waals surface area contributed by atoms with E-state index in [1.165, 1.54) is 0 Å². The van der Waals surface area contributed by atoms with E-state index in [1.54, 1.807) is 17.0 Å². The molecule has 1 heterocycles. The maximum atomic E-state index is 12.4. The summed E-state index contributed by atoms with van der Waals surface area (Å²) in [7, 11) is 0. The van der Waals surface area contributed by atoms with Gasteiger partial charge in [-0.15, -0.1) is 0 Å². The average Bonchev–Trinajstić information content (AvgIpc) is 3.18. The van der Waals surface area contributed by atoms with Crippen molar-refractivity contribution in [3.05, 3.63) is 29.8 Å². The molecule has 0 aromatic heterocycles. The molecule has 5 nitrogen and oxygen atoms in total. The molecule has 22 heavy (non-hydrogen) atoms. The van der Waals surface area contributed by atoms with Crippen molar-refractivity contribution < 1.29 is 14.7 Å². The van der Waals surface area contributed by atoms with E-state index in [9.17, 15) is 14.7 Å². The summed E-state index contributed by atoms with van der Waals surface area (Å²) in [6, 6.07) is 7.08. The number of para-hydroxylation sites is 1. The monoisotopic (exact) mass is 302 g/mol. The molecule has 118 valence electrons. The number of hydrogen-bond donors (Lipinski definition) is 2. The van der Waals surface area contributed by atoms with Crippen LogP contribution < -0.4 is 5.32 Å². The van der Waals surface area contributed by atoms with Crippen molar-refractivity contribution in [1.82, 2.24) is 10.2 Å². The number of benzene rings is 1. The van der Waals surface area contributed by atoms with Crippen molar-refractivity contribution in [2.75, 3.05) is 6.54 Å². The average molecular weight is 302 g/mol. The third-order valence-corrected chi connectivity index (χ3v) is 4.40. The summed E-state index contributed by atoms with van der Waals surface area (Å²) in [5.74, 6) is 0.215. The van der Waals surface area contributed by atoms with Crippen LogP contribution in [0.3, 0.4) is 0 Å². The minimum Gasteiger partial charge on any atom is -0.508 e. The molecule has 2 aliphatic rings. The summed E-state index contributed by atoms with van der Waals surface area (Å²) in [5, 5.41) is 12.7. The maximum absolute atomic E-state index is 12.4. The van der Waals surface area contributed by atoms with Gasteiger partial charge in [0.1, 0.15) is 11.8 Å². The van der Waals surface area contributed by atoms with Crippen LogP contribution in [0.1, 0.15) is 37.7 Å². The highest BCUT2D eigenvalue weighted by Crippen LogP contribution is 2.24. The Bertz CT molecular complexity index is 569. The second kappa shape index (κ2) is 6.38. The summed E-state index contributed by atoms with van der Waals surface area (Å²) >= 11 is 0. The summed E-state index contributed by atoms with van der Waals surface area (Å²) < 4.78 is 0. The minimum atomic E-state index is -0.308. The zero-order chi connectivity index (χ0) is 15.5. The van der Waals surface area contributed by atoms with Crippen LogP contribution in [0.4, 0.5) is 0 Å². The van der Waals surface area contributed by atoms with E-state index in [0.717, 1.165) is 31.2 Å². The molecule has 0 radical (unpaired) electrons. The SMILES string of the molecule is O=C(NC1CC1)C1CCCN1C(=O)CCc1ccccc1O. The van der Waals surface area contributed by atoms with E-state index in [0.29, 0.717) is 25.4 Å². The van der Waals surface area contributed by atoms with Gasteiger partial charge in [-0.05, 0) is 43.7 Å². The quantitative estimate of drug-likeness (QED) is 0.868. The second-order valence-corrected chi connectivity index (χ2v) is 6.16. The van der Waals surface area contributed by atoms with Gasteiger partial charge in [0.15, 0.2) is 0 Å². The standard InChI is InChI=1S/C17H22N2O3/c20-15-6-2-1-4-12(15)7-10-16(21)19-11-3-5-14(19)17(22)18-13-8-9-13/h1-2,4,6,13-14,20H,3,5,7-11H2,(H,18,22). The number of nitrogens with zero attached hydrogens (tertiary/aromatic N) is 1. The molecule has 0 spiro atoms. The largest absolute Gasteiger partial charge is 0.508 e. The van der Waals surface area contributed by atoms with E-state index >= 15 is 0 Å². The molecule has 1 aliphatic carbocycles. The molecule has 3 rings (SSSR count). The zero-order valence-corrected chi connectivity index (χ0v) is 12.6. The summed E-state index contributed by atoms with van der Waals surface area (Å²) in [4.78, 5) is 26.3. The van der Waals surface area contributed by atoms with Crippen molar-refractivity contribution in [3.8, 4) is 5.75 Å². The number of carbonyl (C=O) groups excluding carboxylic acids is 2. The molecule has 2 N–H and O–H groups in total. The number of hydrogen-bond acceptors (Lipinski definition) is 3. The third kappa shape index (κ3) is 3.40. The van der Waals surface area contributed by atoms with Crippen molar-refractivity contribution in [2.24, 2.45) is 0 Å². The van der Waals surface area contributed by atoms with Gasteiger partial charge >= 0.3 is 0 Å². The van der Waals surface area contributed by atoms with Crippen molar-refractivity contribution in [3.63, 3.8) is 0 Å². The molecule has 5 heteroatoms. The Morgan fingerprint density at radius 1 is 1.23 bits per heavy atom. The topological polar surface area (TPSA) is 69.6 Å².